The largest absolute Gasteiger partial charge is 0.441 e. The molecule has 2 aliphatic heterocycles. The van der Waals surface area contributed by atoms with Crippen LogP contribution >= 0.6 is 67.8 Å². The number of cyclic esters (lactones) is 2. The van der Waals surface area contributed by atoms with Crippen molar-refractivity contribution in [3.05, 3.63) is 131 Å². The molecule has 2 saturated heterocycles. The van der Waals surface area contributed by atoms with E-state index in [1.807, 2.05) is 113 Å². The van der Waals surface area contributed by atoms with Crippen LogP contribution in [0.2, 0.25) is 0 Å². The summed E-state index contributed by atoms with van der Waals surface area (Å²) < 4.78 is 14.5. The maximum Gasteiger partial charge on any atom is 0.415 e. The molecule has 0 saturated carbocycles. The van der Waals surface area contributed by atoms with Gasteiger partial charge in [0.25, 0.3) is 0 Å². The third kappa shape index (κ3) is 8.84. The normalized spacial score (nSPS) is 19.6. The van der Waals surface area contributed by atoms with Crippen molar-refractivity contribution in [3.8, 4) is 0 Å². The molecule has 6 rings (SSSR count). The van der Waals surface area contributed by atoms with Crippen molar-refractivity contribution in [2.24, 2.45) is 0 Å². The smallest absolute Gasteiger partial charge is 0.415 e. The number of carbonyl (C=O) groups excluding carboxylic acids is 2. The molecule has 0 aliphatic carbocycles. The molecule has 0 spiro atoms. The first-order chi connectivity index (χ1) is 20.4. The molecule has 4 aromatic carbocycles. The predicted molar refractivity (Wildman–Crippen MR) is 196 cm³/mol. The Kier molecular flexibility index (Phi) is 11.4. The van der Waals surface area contributed by atoms with Gasteiger partial charge in [-0.15, -0.1) is 0 Å². The van der Waals surface area contributed by atoms with Gasteiger partial charge in [-0.3, -0.25) is 4.90 Å². The number of carbonyl (C=O) groups is 2. The number of amides is 2. The molecule has 6 nitrogen and oxygen atoms in total. The van der Waals surface area contributed by atoms with Gasteiger partial charge in [0.15, 0.2) is 0 Å². The number of nitrogens with one attached hydrogen (secondary N) is 1. The lowest BCUT2D eigenvalue weighted by atomic mass is 9.91. The minimum atomic E-state index is -0.568. The van der Waals surface area contributed by atoms with Gasteiger partial charge in [0.2, 0.25) is 0 Å². The quantitative estimate of drug-likeness (QED) is 0.208. The highest BCUT2D eigenvalue weighted by atomic mass is 127. The molecule has 2 atom stereocenters. The monoisotopic (exact) mass is 914 g/mol. The minimum Gasteiger partial charge on any atom is -0.441 e. The van der Waals surface area contributed by atoms with Crippen molar-refractivity contribution in [1.29, 1.82) is 0 Å². The Balaban J connectivity index is 0.000000165. The van der Waals surface area contributed by atoms with Gasteiger partial charge in [0.1, 0.15) is 17.2 Å². The third-order valence-electron chi connectivity index (χ3n) is 6.93. The lowest BCUT2D eigenvalue weighted by Gasteiger charge is -2.29. The maximum atomic E-state index is 12.4. The zero-order valence-corrected chi connectivity index (χ0v) is 30.7. The van der Waals surface area contributed by atoms with Crippen molar-refractivity contribution in [1.82, 2.24) is 5.32 Å². The number of nitrogens with zero attached hydrogens (tertiary/aromatic N) is 1. The summed E-state index contributed by atoms with van der Waals surface area (Å²) in [7, 11) is 0. The zero-order valence-electron chi connectivity index (χ0n) is 24.3. The fourth-order valence-corrected chi connectivity index (χ4v) is 6.05. The highest BCUT2D eigenvalue weighted by molar-refractivity contribution is 14.1. The first kappa shape index (κ1) is 33.5. The summed E-state index contributed by atoms with van der Waals surface area (Å²) in [5.74, 6) is 0. The van der Waals surface area contributed by atoms with Gasteiger partial charge < -0.3 is 14.8 Å². The highest BCUT2D eigenvalue weighted by Gasteiger charge is 2.49. The third-order valence-corrected chi connectivity index (χ3v) is 9.09. The van der Waals surface area contributed by atoms with Crippen molar-refractivity contribution >= 4 is 85.6 Å². The van der Waals surface area contributed by atoms with E-state index >= 15 is 0 Å². The van der Waals surface area contributed by atoms with Gasteiger partial charge in [0, 0.05) is 16.4 Å². The van der Waals surface area contributed by atoms with E-state index < -0.39 is 11.2 Å². The fourth-order valence-electron chi connectivity index (χ4n) is 4.97. The van der Waals surface area contributed by atoms with Crippen molar-refractivity contribution in [3.63, 3.8) is 0 Å². The zero-order chi connectivity index (χ0) is 31.2. The molecule has 224 valence electrons. The molecule has 0 radical (unpaired) electrons. The average Bonchev–Trinajstić information content (AvgIpc) is 3.40. The summed E-state index contributed by atoms with van der Waals surface area (Å²) in [5.41, 5.74) is 1.97. The van der Waals surface area contributed by atoms with Crippen molar-refractivity contribution in [2.75, 3.05) is 4.90 Å². The van der Waals surface area contributed by atoms with Gasteiger partial charge >= 0.3 is 12.2 Å². The maximum absolute atomic E-state index is 12.4. The van der Waals surface area contributed by atoms with Gasteiger partial charge in [-0.1, -0.05) is 60.7 Å². The fraction of sp³-hybridized carbons (Fsp3) is 0.235. The van der Waals surface area contributed by atoms with E-state index in [0.717, 1.165) is 20.4 Å². The summed E-state index contributed by atoms with van der Waals surface area (Å²) in [4.78, 5) is 25.2. The Morgan fingerprint density at radius 3 is 1.49 bits per heavy atom. The van der Waals surface area contributed by atoms with E-state index in [1.54, 1.807) is 4.90 Å². The molecule has 2 heterocycles. The summed E-state index contributed by atoms with van der Waals surface area (Å²) in [6.07, 6.45) is -0.640. The molecule has 2 aliphatic rings. The highest BCUT2D eigenvalue weighted by Crippen LogP contribution is 2.43. The topological polar surface area (TPSA) is 67.9 Å². The SMILES string of the molecule is CC1(C)OC(=O)N(c2ccc(I)cc2)[C@H]1c1ccccc1.CC1(C)OC(=O)N[C@H]1c1ccccc1.Ic1ccc(I)cc1. The van der Waals surface area contributed by atoms with E-state index in [9.17, 15) is 9.59 Å². The molecule has 9 heteroatoms. The molecular formula is C34H33I3N2O4. The van der Waals surface area contributed by atoms with Crippen LogP contribution < -0.4 is 10.2 Å². The second-order valence-electron chi connectivity index (χ2n) is 11.0. The summed E-state index contributed by atoms with van der Waals surface area (Å²) in [6.45, 7) is 7.72. The first-order valence-electron chi connectivity index (χ1n) is 13.7. The molecule has 0 bridgehead atoms. The van der Waals surface area contributed by atoms with Crippen LogP contribution in [0.25, 0.3) is 0 Å². The van der Waals surface area contributed by atoms with Crippen LogP contribution in [0.1, 0.15) is 50.9 Å². The van der Waals surface area contributed by atoms with Gasteiger partial charge in [-0.2, -0.15) is 0 Å². The van der Waals surface area contributed by atoms with Crippen LogP contribution in [0.3, 0.4) is 0 Å². The Bertz CT molecular complexity index is 1490. The van der Waals surface area contributed by atoms with Crippen LogP contribution in [0.5, 0.6) is 0 Å². The molecule has 43 heavy (non-hydrogen) atoms. The van der Waals surface area contributed by atoms with Crippen LogP contribution in [0, 0.1) is 10.7 Å². The Morgan fingerprint density at radius 2 is 1.05 bits per heavy atom. The van der Waals surface area contributed by atoms with Crippen LogP contribution in [-0.4, -0.2) is 23.4 Å². The molecule has 1 N–H and O–H groups in total. The molecule has 2 fully saturated rings. The number of rotatable bonds is 3. The van der Waals surface area contributed by atoms with Crippen LogP contribution in [0.15, 0.2) is 109 Å². The lowest BCUT2D eigenvalue weighted by molar-refractivity contribution is 0.0675. The number of alkyl carbamates (subject to hydrolysis) is 1. The van der Waals surface area contributed by atoms with E-state index in [0.29, 0.717) is 0 Å². The standard InChI is InChI=1S/C17H16INO2.C11H13NO2.C6H4I2/c1-17(2)15(12-6-4-3-5-7-12)19(16(20)21-17)14-10-8-13(18)9-11-14;1-11(2)9(12-10(13)14-11)8-6-4-3-5-7-8;7-5-1-2-6(8)4-3-5/h3-11,15H,1-2H3;3-7,9H,1-2H3,(H,12,13);1-4H/t15-;9-;/m00./s1. The van der Waals surface area contributed by atoms with Crippen LogP contribution in [-0.2, 0) is 9.47 Å². The first-order valence-corrected chi connectivity index (χ1v) is 16.9. The minimum absolute atomic E-state index is 0.0591. The second-order valence-corrected chi connectivity index (χ2v) is 14.8. The van der Waals surface area contributed by atoms with Crippen LogP contribution in [0.4, 0.5) is 15.3 Å². The number of benzene rings is 4. The number of hydrogen-bond donors (Lipinski definition) is 1. The number of anilines is 1. The molecular weight excluding hydrogens is 881 g/mol. The second kappa shape index (κ2) is 14.6. The van der Waals surface area contributed by atoms with E-state index in [1.165, 1.54) is 7.14 Å². The number of ether oxygens (including phenoxy) is 2. The van der Waals surface area contributed by atoms with E-state index in [4.69, 9.17) is 9.47 Å². The van der Waals surface area contributed by atoms with Gasteiger partial charge in [-0.25, -0.2) is 9.59 Å². The lowest BCUT2D eigenvalue weighted by Crippen LogP contribution is -2.33. The van der Waals surface area contributed by atoms with Crippen molar-refractivity contribution < 1.29 is 19.1 Å². The van der Waals surface area contributed by atoms with Gasteiger partial charge in [-0.05, 0) is 155 Å². The molecule has 0 unspecified atom stereocenters. The molecule has 2 amide bonds. The van der Waals surface area contributed by atoms with E-state index in [2.05, 4.69) is 97.4 Å². The number of hydrogen-bond acceptors (Lipinski definition) is 4. The Labute approximate surface area is 294 Å². The van der Waals surface area contributed by atoms with Gasteiger partial charge in [0.05, 0.1) is 6.04 Å². The summed E-state index contributed by atoms with van der Waals surface area (Å²) in [6, 6.07) is 36.0. The van der Waals surface area contributed by atoms with E-state index in [-0.39, 0.29) is 24.3 Å². The number of halogens is 3. The predicted octanol–water partition coefficient (Wildman–Crippen LogP) is 9.91. The average molecular weight is 914 g/mol. The summed E-state index contributed by atoms with van der Waals surface area (Å²) >= 11 is 6.84. The molecule has 4 aromatic rings. The van der Waals surface area contributed by atoms with Crippen molar-refractivity contribution in [2.45, 2.75) is 51.0 Å². The Morgan fingerprint density at radius 1 is 0.605 bits per heavy atom. The summed E-state index contributed by atoms with van der Waals surface area (Å²) in [5, 5.41) is 2.80. The Hall–Kier alpha value is -2.39. The molecule has 0 aromatic heterocycles.